The van der Waals surface area contributed by atoms with Gasteiger partial charge in [0.1, 0.15) is 0 Å². The maximum Gasteiger partial charge on any atom is 0.161 e. The van der Waals surface area contributed by atoms with Crippen LogP contribution in [0, 0.1) is 12.8 Å². The molecule has 1 unspecified atom stereocenters. The van der Waals surface area contributed by atoms with Gasteiger partial charge < -0.3 is 0 Å². The van der Waals surface area contributed by atoms with Crippen LogP contribution in [-0.4, -0.2) is 34.9 Å². The lowest BCUT2D eigenvalue weighted by Crippen LogP contribution is -2.10. The van der Waals surface area contributed by atoms with Crippen molar-refractivity contribution in [2.75, 3.05) is 6.54 Å². The zero-order chi connectivity index (χ0) is 32.8. The Morgan fingerprint density at radius 1 is 0.809 bits per heavy atom. The van der Waals surface area contributed by atoms with Gasteiger partial charge in [-0.2, -0.15) is 0 Å². The molecule has 6 aromatic rings. The van der Waals surface area contributed by atoms with E-state index >= 15 is 0 Å². The lowest BCUT2D eigenvalue weighted by molar-refractivity contribution is 0.666. The summed E-state index contributed by atoms with van der Waals surface area (Å²) in [5.41, 5.74) is 6.72. The number of amidine groups is 2. The van der Waals surface area contributed by atoms with E-state index < -0.39 is 0 Å². The van der Waals surface area contributed by atoms with E-state index in [4.69, 9.17) is 20.0 Å². The topological polar surface area (TPSA) is 62.9 Å². The number of aromatic nitrogens is 2. The summed E-state index contributed by atoms with van der Waals surface area (Å²) in [5.74, 6) is 1.43. The minimum atomic E-state index is 0.305. The van der Waals surface area contributed by atoms with Crippen molar-refractivity contribution in [3.8, 4) is 11.4 Å². The third-order valence-corrected chi connectivity index (χ3v) is 8.37. The van der Waals surface area contributed by atoms with Crippen molar-refractivity contribution >= 4 is 50.8 Å². The average molecular weight is 614 g/mol. The van der Waals surface area contributed by atoms with Crippen molar-refractivity contribution in [1.29, 1.82) is 0 Å². The SMILES string of the molecule is C=NC(=NC(=NCC1C=CC(C)=CC1)c1ccnc(-c2nc3ccccc3c3c2ccc2ccccc23)c1)c1ccc(C)cc1.CC. The summed E-state index contributed by atoms with van der Waals surface area (Å²) >= 11 is 0. The first kappa shape index (κ1) is 31.4. The Morgan fingerprint density at radius 2 is 1.57 bits per heavy atom. The highest BCUT2D eigenvalue weighted by molar-refractivity contribution is 6.22. The Labute approximate surface area is 276 Å². The zero-order valence-corrected chi connectivity index (χ0v) is 27.5. The summed E-state index contributed by atoms with van der Waals surface area (Å²) in [6.45, 7) is 12.6. The van der Waals surface area contributed by atoms with Gasteiger partial charge in [-0.15, -0.1) is 0 Å². The summed E-state index contributed by atoms with van der Waals surface area (Å²) in [4.78, 5) is 24.4. The summed E-state index contributed by atoms with van der Waals surface area (Å²) in [5, 5.41) is 5.75. The van der Waals surface area contributed by atoms with Gasteiger partial charge in [-0.05, 0) is 56.0 Å². The van der Waals surface area contributed by atoms with Crippen molar-refractivity contribution in [2.24, 2.45) is 20.9 Å². The number of nitrogens with zero attached hydrogens (tertiary/aromatic N) is 5. The molecule has 2 aromatic heterocycles. The summed E-state index contributed by atoms with van der Waals surface area (Å²) in [6.07, 6.45) is 9.44. The second-order valence-corrected chi connectivity index (χ2v) is 11.5. The molecule has 0 aliphatic heterocycles. The predicted molar refractivity (Wildman–Crippen MR) is 201 cm³/mol. The van der Waals surface area contributed by atoms with Crippen LogP contribution in [0.5, 0.6) is 0 Å². The molecular formula is C42H39N5. The van der Waals surface area contributed by atoms with E-state index in [2.05, 4.69) is 111 Å². The highest BCUT2D eigenvalue weighted by Crippen LogP contribution is 2.36. The van der Waals surface area contributed by atoms with Crippen molar-refractivity contribution in [3.05, 3.63) is 144 Å². The molecule has 0 radical (unpaired) electrons. The molecule has 0 N–H and O–H groups in total. The second-order valence-electron chi connectivity index (χ2n) is 11.5. The van der Waals surface area contributed by atoms with Gasteiger partial charge >= 0.3 is 0 Å². The van der Waals surface area contributed by atoms with Gasteiger partial charge in [0.25, 0.3) is 0 Å². The van der Waals surface area contributed by atoms with Crippen LogP contribution in [0.4, 0.5) is 0 Å². The van der Waals surface area contributed by atoms with Crippen molar-refractivity contribution in [3.63, 3.8) is 0 Å². The van der Waals surface area contributed by atoms with Crippen molar-refractivity contribution < 1.29 is 0 Å². The predicted octanol–water partition coefficient (Wildman–Crippen LogP) is 10.4. The van der Waals surface area contributed by atoms with E-state index in [1.807, 2.05) is 50.4 Å². The maximum absolute atomic E-state index is 5.16. The van der Waals surface area contributed by atoms with Crippen molar-refractivity contribution in [2.45, 2.75) is 34.1 Å². The molecule has 1 aliphatic rings. The lowest BCUT2D eigenvalue weighted by atomic mass is 9.96. The first-order valence-corrected chi connectivity index (χ1v) is 16.3. The standard InChI is InChI=1S/C40H33N5.C2H6/c1-26-12-16-28(17-13-26)25-43-40(45-39(41-3)30-18-14-27(2)15-19-30)31-22-23-42-36(24-31)38-34-21-20-29-8-4-5-9-32(29)37(34)33-10-6-7-11-35(33)44-38;1-2/h4-16,18-24,28H,3,17,25H2,1-2H3;1-2H3. The van der Waals surface area contributed by atoms with Crippen LogP contribution in [0.15, 0.2) is 142 Å². The van der Waals surface area contributed by atoms with Crippen LogP contribution in [-0.2, 0) is 0 Å². The molecule has 0 fully saturated rings. The van der Waals surface area contributed by atoms with Gasteiger partial charge in [0, 0.05) is 45.9 Å². The molecule has 0 amide bonds. The fourth-order valence-electron chi connectivity index (χ4n) is 5.91. The van der Waals surface area contributed by atoms with E-state index in [-0.39, 0.29) is 0 Å². The molecule has 0 saturated carbocycles. The Bertz CT molecular complexity index is 2190. The van der Waals surface area contributed by atoms with Crippen molar-refractivity contribution in [1.82, 2.24) is 9.97 Å². The molecule has 0 saturated heterocycles. The minimum Gasteiger partial charge on any atom is -0.266 e. The number of hydrogen-bond acceptors (Lipinski definition) is 3. The fourth-order valence-corrected chi connectivity index (χ4v) is 5.91. The largest absolute Gasteiger partial charge is 0.266 e. The second kappa shape index (κ2) is 14.3. The number of fused-ring (bicyclic) bond motifs is 5. The van der Waals surface area contributed by atoms with Gasteiger partial charge in [0.05, 0.1) is 16.9 Å². The molecule has 232 valence electrons. The number of hydrogen-bond donors (Lipinski definition) is 0. The van der Waals surface area contributed by atoms with E-state index in [9.17, 15) is 0 Å². The number of para-hydroxylation sites is 1. The zero-order valence-electron chi connectivity index (χ0n) is 27.5. The number of aliphatic imine (C=N–C) groups is 3. The smallest absolute Gasteiger partial charge is 0.161 e. The third-order valence-electron chi connectivity index (χ3n) is 8.37. The quantitative estimate of drug-likeness (QED) is 0.110. The highest BCUT2D eigenvalue weighted by atomic mass is 15.0. The number of aryl methyl sites for hydroxylation is 1. The van der Waals surface area contributed by atoms with Crippen LogP contribution >= 0.6 is 0 Å². The number of allylic oxidation sites excluding steroid dienone is 3. The fraction of sp³-hybridized carbons (Fsp3) is 0.167. The Kier molecular flexibility index (Phi) is 9.53. The Morgan fingerprint density at radius 3 is 2.34 bits per heavy atom. The van der Waals surface area contributed by atoms with Crippen LogP contribution in [0.25, 0.3) is 43.8 Å². The van der Waals surface area contributed by atoms with Gasteiger partial charge in [0.2, 0.25) is 0 Å². The van der Waals surface area contributed by atoms with Gasteiger partial charge in [-0.1, -0.05) is 122 Å². The molecule has 5 nitrogen and oxygen atoms in total. The monoisotopic (exact) mass is 613 g/mol. The van der Waals surface area contributed by atoms with E-state index in [1.165, 1.54) is 27.3 Å². The molecule has 47 heavy (non-hydrogen) atoms. The Balaban J connectivity index is 0.00000190. The summed E-state index contributed by atoms with van der Waals surface area (Å²) < 4.78 is 0. The third kappa shape index (κ3) is 6.70. The molecule has 7 rings (SSSR count). The van der Waals surface area contributed by atoms with Crippen LogP contribution < -0.4 is 0 Å². The molecule has 4 aromatic carbocycles. The number of benzene rings is 4. The minimum absolute atomic E-state index is 0.305. The van der Waals surface area contributed by atoms with E-state index in [0.29, 0.717) is 24.1 Å². The summed E-state index contributed by atoms with van der Waals surface area (Å²) in [6, 6.07) is 33.3. The van der Waals surface area contributed by atoms with Crippen LogP contribution in [0.3, 0.4) is 0 Å². The first-order chi connectivity index (χ1) is 23.1. The summed E-state index contributed by atoms with van der Waals surface area (Å²) in [7, 11) is 0. The van der Waals surface area contributed by atoms with Gasteiger partial charge in [-0.25, -0.2) is 15.0 Å². The number of rotatable bonds is 5. The normalized spacial score (nSPS) is 15.0. The van der Waals surface area contributed by atoms with E-state index in [0.717, 1.165) is 45.2 Å². The lowest BCUT2D eigenvalue weighted by Gasteiger charge is -2.14. The number of pyridine rings is 2. The molecule has 0 bridgehead atoms. The first-order valence-electron chi connectivity index (χ1n) is 16.3. The molecular weight excluding hydrogens is 574 g/mol. The Hall–Kier alpha value is -5.55. The highest BCUT2D eigenvalue weighted by Gasteiger charge is 2.16. The van der Waals surface area contributed by atoms with Gasteiger partial charge in [-0.3, -0.25) is 9.98 Å². The molecule has 0 spiro atoms. The molecule has 5 heteroatoms. The van der Waals surface area contributed by atoms with Gasteiger partial charge in [0.15, 0.2) is 11.7 Å². The average Bonchev–Trinajstić information content (AvgIpc) is 3.13. The maximum atomic E-state index is 5.16. The van der Waals surface area contributed by atoms with Crippen LogP contribution in [0.2, 0.25) is 0 Å². The molecule has 2 heterocycles. The molecule has 1 aliphatic carbocycles. The van der Waals surface area contributed by atoms with Crippen LogP contribution in [0.1, 0.15) is 43.9 Å². The van der Waals surface area contributed by atoms with E-state index in [1.54, 1.807) is 0 Å². The molecule has 1 atom stereocenters.